The Balaban J connectivity index is 1.58. The fourth-order valence-electron chi connectivity index (χ4n) is 2.92. The maximum atomic E-state index is 12.7. The van der Waals surface area contributed by atoms with E-state index in [2.05, 4.69) is 15.3 Å². The number of alkyl halides is 1. The number of likely N-dealkylation sites (tertiary alicyclic amines) is 1. The number of piperidine rings is 1. The van der Waals surface area contributed by atoms with E-state index in [0.29, 0.717) is 18.7 Å². The monoisotopic (exact) mass is 362 g/mol. The van der Waals surface area contributed by atoms with Gasteiger partial charge in [-0.2, -0.15) is 0 Å². The van der Waals surface area contributed by atoms with Crippen molar-refractivity contribution in [3.63, 3.8) is 0 Å². The smallest absolute Gasteiger partial charge is 0.253 e. The summed E-state index contributed by atoms with van der Waals surface area (Å²) in [5, 5.41) is 3.06. The van der Waals surface area contributed by atoms with Crippen molar-refractivity contribution in [2.24, 2.45) is 5.41 Å². The number of H-pyrrole nitrogens is 1. The molecule has 7 heteroatoms. The van der Waals surface area contributed by atoms with Gasteiger partial charge in [-0.25, -0.2) is 4.98 Å². The number of carbonyl (C=O) groups excluding carboxylic acids is 2. The number of aromatic nitrogens is 2. The number of benzene rings is 1. The Bertz CT molecular complexity index is 778. The highest BCUT2D eigenvalue weighted by atomic mass is 35.5. The Morgan fingerprint density at radius 2 is 2.08 bits per heavy atom. The van der Waals surface area contributed by atoms with E-state index in [0.717, 1.165) is 23.9 Å². The summed E-state index contributed by atoms with van der Waals surface area (Å²) in [5.41, 5.74) is 1.78. The predicted octanol–water partition coefficient (Wildman–Crippen LogP) is 2.55. The van der Waals surface area contributed by atoms with E-state index in [1.165, 1.54) is 0 Å². The quantitative estimate of drug-likeness (QED) is 0.820. The highest BCUT2D eigenvalue weighted by Gasteiger charge is 2.30. The number of nitrogens with one attached hydrogen (secondary N) is 2. The van der Waals surface area contributed by atoms with Gasteiger partial charge in [0.2, 0.25) is 5.91 Å². The Morgan fingerprint density at radius 3 is 2.76 bits per heavy atom. The van der Waals surface area contributed by atoms with Crippen molar-refractivity contribution in [1.82, 2.24) is 20.2 Å². The van der Waals surface area contributed by atoms with Crippen molar-refractivity contribution in [2.75, 3.05) is 19.0 Å². The van der Waals surface area contributed by atoms with Crippen LogP contribution in [0.15, 0.2) is 24.5 Å². The molecule has 3 rings (SSSR count). The third-order valence-electron chi connectivity index (χ3n) is 4.73. The lowest BCUT2D eigenvalue weighted by Crippen LogP contribution is -2.49. The maximum Gasteiger partial charge on any atom is 0.253 e. The molecule has 1 aromatic heterocycles. The molecule has 1 aliphatic rings. The third kappa shape index (κ3) is 3.79. The molecule has 134 valence electrons. The predicted molar refractivity (Wildman–Crippen MR) is 97.7 cm³/mol. The van der Waals surface area contributed by atoms with E-state index in [1.54, 1.807) is 6.33 Å². The number of hydrogen-bond acceptors (Lipinski definition) is 3. The fourth-order valence-corrected chi connectivity index (χ4v) is 3.04. The Labute approximate surface area is 151 Å². The van der Waals surface area contributed by atoms with Gasteiger partial charge in [-0.1, -0.05) is 0 Å². The molecular weight excluding hydrogens is 340 g/mol. The molecule has 25 heavy (non-hydrogen) atoms. The molecule has 1 fully saturated rings. The number of carbonyl (C=O) groups is 2. The molecule has 0 atom stereocenters. The average molecular weight is 363 g/mol. The normalized spacial score (nSPS) is 16.2. The van der Waals surface area contributed by atoms with Crippen LogP contribution in [0.3, 0.4) is 0 Å². The zero-order valence-corrected chi connectivity index (χ0v) is 15.3. The lowest BCUT2D eigenvalue weighted by molar-refractivity contribution is -0.129. The largest absolute Gasteiger partial charge is 0.353 e. The van der Waals surface area contributed by atoms with Crippen LogP contribution in [-0.4, -0.2) is 51.7 Å². The summed E-state index contributed by atoms with van der Waals surface area (Å²) in [6, 6.07) is 5.58. The molecule has 0 unspecified atom stereocenters. The number of imidazole rings is 1. The number of hydrogen-bond donors (Lipinski definition) is 2. The number of nitrogens with zero attached hydrogens (tertiary/aromatic N) is 2. The first-order valence-electron chi connectivity index (χ1n) is 8.50. The van der Waals surface area contributed by atoms with Crippen LogP contribution in [0.5, 0.6) is 0 Å². The van der Waals surface area contributed by atoms with Gasteiger partial charge >= 0.3 is 0 Å². The summed E-state index contributed by atoms with van der Waals surface area (Å²) in [4.78, 5) is 33.9. The first-order chi connectivity index (χ1) is 11.9. The minimum absolute atomic E-state index is 0.0161. The number of halogens is 1. The molecule has 6 nitrogen and oxygen atoms in total. The number of amides is 2. The highest BCUT2D eigenvalue weighted by Crippen LogP contribution is 2.20. The third-order valence-corrected chi connectivity index (χ3v) is 5.40. The van der Waals surface area contributed by atoms with Crippen molar-refractivity contribution in [3.05, 3.63) is 30.1 Å². The lowest BCUT2D eigenvalue weighted by atomic mass is 9.93. The van der Waals surface area contributed by atoms with Gasteiger partial charge in [-0.05, 0) is 44.9 Å². The van der Waals surface area contributed by atoms with Gasteiger partial charge < -0.3 is 15.2 Å². The van der Waals surface area contributed by atoms with Gasteiger partial charge in [0.05, 0.1) is 22.8 Å². The Morgan fingerprint density at radius 1 is 1.36 bits per heavy atom. The van der Waals surface area contributed by atoms with E-state index in [4.69, 9.17) is 11.6 Å². The van der Waals surface area contributed by atoms with Crippen LogP contribution in [-0.2, 0) is 4.79 Å². The van der Waals surface area contributed by atoms with Crippen LogP contribution in [0.2, 0.25) is 0 Å². The summed E-state index contributed by atoms with van der Waals surface area (Å²) in [6.07, 6.45) is 3.12. The second-order valence-corrected chi connectivity index (χ2v) is 7.46. The molecule has 2 aromatic rings. The molecule has 2 N–H and O–H groups in total. The lowest BCUT2D eigenvalue weighted by Gasteiger charge is -2.34. The minimum atomic E-state index is -0.575. The van der Waals surface area contributed by atoms with Crippen molar-refractivity contribution >= 4 is 34.4 Å². The van der Waals surface area contributed by atoms with Crippen molar-refractivity contribution in [3.8, 4) is 0 Å². The van der Waals surface area contributed by atoms with Crippen LogP contribution in [0.4, 0.5) is 0 Å². The molecule has 2 heterocycles. The van der Waals surface area contributed by atoms with Gasteiger partial charge in [0.25, 0.3) is 5.91 Å². The zero-order valence-electron chi connectivity index (χ0n) is 14.5. The molecule has 0 radical (unpaired) electrons. The molecule has 0 saturated carbocycles. The van der Waals surface area contributed by atoms with Crippen molar-refractivity contribution in [1.29, 1.82) is 0 Å². The summed E-state index contributed by atoms with van der Waals surface area (Å²) >= 11 is 5.85. The van der Waals surface area contributed by atoms with Gasteiger partial charge in [-0.15, -0.1) is 11.6 Å². The van der Waals surface area contributed by atoms with Gasteiger partial charge in [0.15, 0.2) is 0 Å². The molecule has 0 bridgehead atoms. The number of fused-ring (bicyclic) bond motifs is 1. The highest BCUT2D eigenvalue weighted by molar-refractivity contribution is 6.19. The van der Waals surface area contributed by atoms with E-state index < -0.39 is 5.41 Å². The van der Waals surface area contributed by atoms with Crippen LogP contribution < -0.4 is 5.32 Å². The molecule has 1 aliphatic heterocycles. The first kappa shape index (κ1) is 17.7. The second-order valence-electron chi connectivity index (χ2n) is 7.19. The average Bonchev–Trinajstić information content (AvgIpc) is 3.09. The van der Waals surface area contributed by atoms with E-state index in [1.807, 2.05) is 36.9 Å². The van der Waals surface area contributed by atoms with Crippen LogP contribution >= 0.6 is 11.6 Å². The van der Waals surface area contributed by atoms with Crippen molar-refractivity contribution in [2.45, 2.75) is 32.7 Å². The van der Waals surface area contributed by atoms with E-state index in [-0.39, 0.29) is 23.7 Å². The first-order valence-corrected chi connectivity index (χ1v) is 9.03. The second kappa shape index (κ2) is 7.04. The standard InChI is InChI=1S/C18H23ClN4O2/c1-18(2,10-19)17(25)22-13-5-7-23(8-6-13)16(24)12-3-4-14-15(9-12)21-11-20-14/h3-4,9,11,13H,5-8,10H2,1-2H3,(H,20,21)(H,22,25). The fraction of sp³-hybridized carbons (Fsp3) is 0.500. The van der Waals surface area contributed by atoms with Crippen LogP contribution in [0.25, 0.3) is 11.0 Å². The van der Waals surface area contributed by atoms with Gasteiger partial charge in [0, 0.05) is 30.6 Å². The molecule has 1 saturated heterocycles. The summed E-state index contributed by atoms with van der Waals surface area (Å²) < 4.78 is 0. The van der Waals surface area contributed by atoms with E-state index >= 15 is 0 Å². The Kier molecular flexibility index (Phi) is 4.99. The molecule has 2 amide bonds. The number of aromatic amines is 1. The summed E-state index contributed by atoms with van der Waals surface area (Å²) in [6.45, 7) is 4.93. The van der Waals surface area contributed by atoms with Gasteiger partial charge in [-0.3, -0.25) is 9.59 Å². The Hall–Kier alpha value is -2.08. The van der Waals surface area contributed by atoms with Crippen LogP contribution in [0.1, 0.15) is 37.0 Å². The molecule has 0 aliphatic carbocycles. The maximum absolute atomic E-state index is 12.7. The number of rotatable bonds is 4. The molecule has 0 spiro atoms. The van der Waals surface area contributed by atoms with Crippen molar-refractivity contribution < 1.29 is 9.59 Å². The van der Waals surface area contributed by atoms with Crippen LogP contribution in [0, 0.1) is 5.41 Å². The summed E-state index contributed by atoms with van der Waals surface area (Å²) in [5.74, 6) is 0.269. The van der Waals surface area contributed by atoms with Gasteiger partial charge in [0.1, 0.15) is 0 Å². The minimum Gasteiger partial charge on any atom is -0.353 e. The molecule has 1 aromatic carbocycles. The topological polar surface area (TPSA) is 78.1 Å². The summed E-state index contributed by atoms with van der Waals surface area (Å²) in [7, 11) is 0. The SMILES string of the molecule is CC(C)(CCl)C(=O)NC1CCN(C(=O)c2ccc3nc[nH]c3c2)CC1. The van der Waals surface area contributed by atoms with E-state index in [9.17, 15) is 9.59 Å². The zero-order chi connectivity index (χ0) is 18.0. The molecular formula is C18H23ClN4O2.